The van der Waals surface area contributed by atoms with E-state index in [1.807, 2.05) is 6.07 Å². The van der Waals surface area contributed by atoms with Crippen molar-refractivity contribution in [3.8, 4) is 28.7 Å². The van der Waals surface area contributed by atoms with Crippen LogP contribution in [0.5, 0.6) is 28.7 Å². The van der Waals surface area contributed by atoms with Gasteiger partial charge in [0, 0.05) is 24.8 Å². The lowest BCUT2D eigenvalue weighted by atomic mass is 10.3. The molecule has 4 rings (SSSR count). The first-order chi connectivity index (χ1) is 16.9. The number of para-hydroxylation sites is 1. The highest BCUT2D eigenvalue weighted by atomic mass is 35.5. The normalized spacial score (nSPS) is 10.6. The molecule has 1 aromatic heterocycles. The third kappa shape index (κ3) is 6.23. The van der Waals surface area contributed by atoms with Crippen LogP contribution in [0.15, 0.2) is 72.8 Å². The summed E-state index contributed by atoms with van der Waals surface area (Å²) in [7, 11) is 0. The van der Waals surface area contributed by atoms with Crippen LogP contribution in [0.3, 0.4) is 0 Å². The smallest absolute Gasteiger partial charge is 0.237 e. The van der Waals surface area contributed by atoms with E-state index in [9.17, 15) is 13.9 Å². The number of rotatable bonds is 9. The summed E-state index contributed by atoms with van der Waals surface area (Å²) >= 11 is 12.5. The number of benzene rings is 3. The lowest BCUT2D eigenvalue weighted by Crippen LogP contribution is -2.15. The average molecular weight is 518 g/mol. The van der Waals surface area contributed by atoms with E-state index in [2.05, 4.69) is 15.6 Å². The van der Waals surface area contributed by atoms with E-state index in [1.165, 1.54) is 30.3 Å². The number of halogens is 4. The van der Waals surface area contributed by atoms with E-state index in [1.54, 1.807) is 36.4 Å². The number of ether oxygens (including phenoxy) is 2. The fraction of sp³-hybridized carbons (Fsp3) is 0.0800. The van der Waals surface area contributed by atoms with Gasteiger partial charge in [-0.2, -0.15) is 9.37 Å². The van der Waals surface area contributed by atoms with Crippen LogP contribution in [-0.4, -0.2) is 23.2 Å². The Hall–Kier alpha value is -3.75. The summed E-state index contributed by atoms with van der Waals surface area (Å²) in [6, 6.07) is 19.0. The summed E-state index contributed by atoms with van der Waals surface area (Å²) in [5, 5.41) is 15.7. The molecule has 0 fully saturated rings. The van der Waals surface area contributed by atoms with Crippen LogP contribution in [0.1, 0.15) is 0 Å². The first kappa shape index (κ1) is 24.4. The van der Waals surface area contributed by atoms with Crippen molar-refractivity contribution in [2.75, 3.05) is 23.7 Å². The van der Waals surface area contributed by atoms with Gasteiger partial charge in [-0.05, 0) is 48.5 Å². The Morgan fingerprint density at radius 2 is 1.51 bits per heavy atom. The molecule has 1 heterocycles. The summed E-state index contributed by atoms with van der Waals surface area (Å²) in [6.45, 7) is 0.737. The van der Waals surface area contributed by atoms with Crippen molar-refractivity contribution in [1.29, 1.82) is 0 Å². The molecule has 0 spiro atoms. The maximum absolute atomic E-state index is 14.4. The third-order valence-electron chi connectivity index (χ3n) is 4.71. The van der Waals surface area contributed by atoms with Gasteiger partial charge in [0.05, 0.1) is 0 Å². The summed E-state index contributed by atoms with van der Waals surface area (Å²) < 4.78 is 38.9. The van der Waals surface area contributed by atoms with Crippen LogP contribution in [0.4, 0.5) is 20.3 Å². The van der Waals surface area contributed by atoms with Gasteiger partial charge in [0.1, 0.15) is 27.4 Å². The minimum absolute atomic E-state index is 0.0308. The number of phenols is 1. The molecular formula is C25H19Cl2F2N3O3. The van der Waals surface area contributed by atoms with Crippen LogP contribution in [0.2, 0.25) is 10.0 Å². The highest BCUT2D eigenvalue weighted by Crippen LogP contribution is 2.43. The monoisotopic (exact) mass is 517 g/mol. The van der Waals surface area contributed by atoms with E-state index in [0.717, 1.165) is 5.69 Å². The molecule has 0 amide bonds. The molecule has 0 aliphatic carbocycles. The third-order valence-corrected chi connectivity index (χ3v) is 5.39. The van der Waals surface area contributed by atoms with E-state index in [0.29, 0.717) is 18.8 Å². The van der Waals surface area contributed by atoms with Gasteiger partial charge in [-0.15, -0.1) is 0 Å². The number of anilines is 2. The Labute approximate surface area is 210 Å². The number of aromatic hydroxyl groups is 1. The number of nitrogens with one attached hydrogen (secondary N) is 2. The van der Waals surface area contributed by atoms with Crippen LogP contribution in [0, 0.1) is 11.8 Å². The highest BCUT2D eigenvalue weighted by Gasteiger charge is 2.20. The number of hydrogen-bond donors (Lipinski definition) is 3. The summed E-state index contributed by atoms with van der Waals surface area (Å²) in [5.41, 5.74) is 0.722. The Bertz CT molecular complexity index is 1310. The second-order valence-electron chi connectivity index (χ2n) is 7.22. The fourth-order valence-corrected chi connectivity index (χ4v) is 3.49. The van der Waals surface area contributed by atoms with Crippen LogP contribution in [0.25, 0.3) is 0 Å². The Kier molecular flexibility index (Phi) is 7.74. The highest BCUT2D eigenvalue weighted by molar-refractivity contribution is 6.38. The number of hydrogen-bond acceptors (Lipinski definition) is 6. The maximum Gasteiger partial charge on any atom is 0.237 e. The molecule has 0 atom stereocenters. The van der Waals surface area contributed by atoms with Gasteiger partial charge in [0.2, 0.25) is 5.95 Å². The van der Waals surface area contributed by atoms with Gasteiger partial charge < -0.3 is 25.2 Å². The van der Waals surface area contributed by atoms with Crippen LogP contribution < -0.4 is 20.1 Å². The Balaban J connectivity index is 1.47. The van der Waals surface area contributed by atoms with E-state index in [4.69, 9.17) is 32.7 Å². The van der Waals surface area contributed by atoms with Gasteiger partial charge in [0.25, 0.3) is 0 Å². The molecule has 3 N–H and O–H groups in total. The van der Waals surface area contributed by atoms with Crippen molar-refractivity contribution in [1.82, 2.24) is 4.98 Å². The quantitative estimate of drug-likeness (QED) is 0.158. The molecule has 0 unspecified atom stereocenters. The van der Waals surface area contributed by atoms with Crippen molar-refractivity contribution in [3.05, 3.63) is 94.6 Å². The van der Waals surface area contributed by atoms with Gasteiger partial charge >= 0.3 is 0 Å². The number of pyridine rings is 1. The zero-order chi connectivity index (χ0) is 24.8. The molecule has 0 saturated carbocycles. The SMILES string of the molecule is Oc1ccc(Oc2c(Cl)c(F)nc(NCCNc3ccc(F)cc3)c2Cl)cc1Oc1ccccc1. The van der Waals surface area contributed by atoms with Crippen molar-refractivity contribution < 1.29 is 23.4 Å². The molecule has 0 aliphatic rings. The predicted octanol–water partition coefficient (Wildman–Crippen LogP) is 7.48. The fourth-order valence-electron chi connectivity index (χ4n) is 3.03. The standard InChI is InChI=1S/C25H19Cl2F2N3O3/c26-21-23(35-18-10-11-19(33)20(14-18)34-17-4-2-1-3-5-17)22(27)25(32-24(21)29)31-13-12-30-16-8-6-15(28)7-9-16/h1-11,14,30,33H,12-13H2,(H,31,32). The summed E-state index contributed by atoms with van der Waals surface area (Å²) in [5.74, 6) is -0.703. The van der Waals surface area contributed by atoms with Gasteiger partial charge in [-0.1, -0.05) is 41.4 Å². The lowest BCUT2D eigenvalue weighted by Gasteiger charge is -2.15. The van der Waals surface area contributed by atoms with E-state index in [-0.39, 0.29) is 39.7 Å². The zero-order valence-electron chi connectivity index (χ0n) is 18.1. The van der Waals surface area contributed by atoms with Gasteiger partial charge in [0.15, 0.2) is 23.1 Å². The van der Waals surface area contributed by atoms with Gasteiger partial charge in [-0.3, -0.25) is 0 Å². The largest absolute Gasteiger partial charge is 0.504 e. The number of phenolic OH excluding ortho intramolecular Hbond substituents is 1. The minimum Gasteiger partial charge on any atom is -0.504 e. The minimum atomic E-state index is -0.973. The molecular weight excluding hydrogens is 499 g/mol. The summed E-state index contributed by atoms with van der Waals surface area (Å²) in [4.78, 5) is 3.75. The van der Waals surface area contributed by atoms with E-state index >= 15 is 0 Å². The topological polar surface area (TPSA) is 75.6 Å². The van der Waals surface area contributed by atoms with Crippen LogP contribution in [-0.2, 0) is 0 Å². The number of nitrogens with zero attached hydrogens (tertiary/aromatic N) is 1. The average Bonchev–Trinajstić information content (AvgIpc) is 2.86. The molecule has 10 heteroatoms. The molecule has 4 aromatic rings. The van der Waals surface area contributed by atoms with Crippen molar-refractivity contribution >= 4 is 34.7 Å². The van der Waals surface area contributed by atoms with Crippen LogP contribution >= 0.6 is 23.2 Å². The molecule has 6 nitrogen and oxygen atoms in total. The molecule has 3 aromatic carbocycles. The molecule has 0 saturated heterocycles. The second-order valence-corrected chi connectivity index (χ2v) is 7.97. The first-order valence-corrected chi connectivity index (χ1v) is 11.2. The van der Waals surface area contributed by atoms with Crippen molar-refractivity contribution in [3.63, 3.8) is 0 Å². The van der Waals surface area contributed by atoms with E-state index < -0.39 is 11.0 Å². The lowest BCUT2D eigenvalue weighted by molar-refractivity contribution is 0.405. The molecule has 180 valence electrons. The Morgan fingerprint density at radius 1 is 0.800 bits per heavy atom. The molecule has 0 radical (unpaired) electrons. The number of aromatic nitrogens is 1. The van der Waals surface area contributed by atoms with Crippen molar-refractivity contribution in [2.45, 2.75) is 0 Å². The van der Waals surface area contributed by atoms with Crippen molar-refractivity contribution in [2.24, 2.45) is 0 Å². The molecule has 0 bridgehead atoms. The predicted molar refractivity (Wildman–Crippen MR) is 132 cm³/mol. The maximum atomic E-state index is 14.4. The second kappa shape index (κ2) is 11.1. The molecule has 35 heavy (non-hydrogen) atoms. The zero-order valence-corrected chi connectivity index (χ0v) is 19.6. The Morgan fingerprint density at radius 3 is 2.26 bits per heavy atom. The first-order valence-electron chi connectivity index (χ1n) is 10.4. The molecule has 0 aliphatic heterocycles. The van der Waals surface area contributed by atoms with Gasteiger partial charge in [-0.25, -0.2) is 4.39 Å². The summed E-state index contributed by atoms with van der Waals surface area (Å²) in [6.07, 6.45) is 0.